The molecule has 0 spiro atoms. The van der Waals surface area contributed by atoms with E-state index in [1.807, 2.05) is 23.2 Å². The molecular formula is C34H34N2O3. The van der Waals surface area contributed by atoms with Gasteiger partial charge in [0.2, 0.25) is 5.91 Å². The molecule has 0 N–H and O–H groups in total. The van der Waals surface area contributed by atoms with Crippen molar-refractivity contribution in [2.45, 2.75) is 38.6 Å². The van der Waals surface area contributed by atoms with Crippen LogP contribution < -0.4 is 4.74 Å². The highest BCUT2D eigenvalue weighted by atomic mass is 16.5. The van der Waals surface area contributed by atoms with Gasteiger partial charge in [-0.2, -0.15) is 0 Å². The number of aryl methyl sites for hydroxylation is 2. The zero-order valence-corrected chi connectivity index (χ0v) is 22.3. The van der Waals surface area contributed by atoms with Crippen LogP contribution in [-0.4, -0.2) is 42.2 Å². The van der Waals surface area contributed by atoms with Crippen LogP contribution in [0.1, 0.15) is 39.8 Å². The molecule has 198 valence electrons. The van der Waals surface area contributed by atoms with E-state index in [-0.39, 0.29) is 5.91 Å². The Balaban J connectivity index is 1.24. The normalized spacial score (nSPS) is 15.5. The van der Waals surface area contributed by atoms with Crippen LogP contribution in [0.3, 0.4) is 0 Å². The summed E-state index contributed by atoms with van der Waals surface area (Å²) in [5.74, 6) is 1.01. The number of nitrogens with zero attached hydrogens (tertiary/aromatic N) is 2. The van der Waals surface area contributed by atoms with Gasteiger partial charge in [0.05, 0.1) is 19.6 Å². The van der Waals surface area contributed by atoms with E-state index in [4.69, 9.17) is 9.47 Å². The highest BCUT2D eigenvalue weighted by molar-refractivity contribution is 5.79. The standard InChI is InChI=1S/C34H34N2O3/c37-34(21-26-9-10-28-6-2-7-29(28)19-26)36-14-15-38-16-17-39-33-12-11-30(31-8-3-13-35-23-31)22-32(33)20-25-4-1-5-27(18-25)24-36/h1,3-5,8-13,18-19,22-23H,2,6-7,14-17,20-21,24H2. The van der Waals surface area contributed by atoms with Crippen molar-refractivity contribution >= 4 is 5.91 Å². The van der Waals surface area contributed by atoms with Gasteiger partial charge in [0, 0.05) is 37.5 Å². The number of pyridine rings is 1. The number of carbonyl (C=O) groups is 1. The number of aromatic nitrogens is 1. The molecule has 2 bridgehead atoms. The first-order valence-electron chi connectivity index (χ1n) is 13.9. The maximum Gasteiger partial charge on any atom is 0.227 e. The third-order valence-corrected chi connectivity index (χ3v) is 7.68. The van der Waals surface area contributed by atoms with Gasteiger partial charge in [-0.25, -0.2) is 0 Å². The lowest BCUT2D eigenvalue weighted by Gasteiger charge is -2.24. The Morgan fingerprint density at radius 1 is 0.821 bits per heavy atom. The Morgan fingerprint density at radius 3 is 2.67 bits per heavy atom. The molecule has 4 aromatic rings. The Labute approximate surface area is 230 Å². The number of fused-ring (bicyclic) bond motifs is 4. The van der Waals surface area contributed by atoms with E-state index in [0.29, 0.717) is 39.3 Å². The van der Waals surface area contributed by atoms with Gasteiger partial charge in [0.15, 0.2) is 0 Å². The van der Waals surface area contributed by atoms with E-state index in [0.717, 1.165) is 52.8 Å². The minimum absolute atomic E-state index is 0.136. The molecule has 1 aliphatic carbocycles. The summed E-state index contributed by atoms with van der Waals surface area (Å²) in [6.07, 6.45) is 8.32. The Morgan fingerprint density at radius 2 is 1.74 bits per heavy atom. The Kier molecular flexibility index (Phi) is 7.68. The first kappa shape index (κ1) is 25.3. The van der Waals surface area contributed by atoms with Crippen LogP contribution in [0.4, 0.5) is 0 Å². The minimum atomic E-state index is 0.136. The molecule has 2 aliphatic rings. The first-order chi connectivity index (χ1) is 19.2. The van der Waals surface area contributed by atoms with Crippen molar-refractivity contribution in [2.24, 2.45) is 0 Å². The van der Waals surface area contributed by atoms with Crippen molar-refractivity contribution in [3.8, 4) is 16.9 Å². The quantitative estimate of drug-likeness (QED) is 0.344. The lowest BCUT2D eigenvalue weighted by atomic mass is 9.98. The van der Waals surface area contributed by atoms with Crippen molar-refractivity contribution in [1.29, 1.82) is 0 Å². The number of hydrogen-bond acceptors (Lipinski definition) is 4. The van der Waals surface area contributed by atoms with Gasteiger partial charge in [0.1, 0.15) is 12.4 Å². The van der Waals surface area contributed by atoms with Crippen molar-refractivity contribution in [1.82, 2.24) is 9.88 Å². The number of benzene rings is 3. The lowest BCUT2D eigenvalue weighted by molar-refractivity contribution is -0.131. The molecule has 2 heterocycles. The number of ether oxygens (including phenoxy) is 2. The second-order valence-corrected chi connectivity index (χ2v) is 10.5. The molecule has 5 nitrogen and oxygen atoms in total. The summed E-state index contributed by atoms with van der Waals surface area (Å²) in [7, 11) is 0. The van der Waals surface area contributed by atoms with Crippen LogP contribution in [0.15, 0.2) is 85.2 Å². The maximum atomic E-state index is 13.5. The zero-order chi connectivity index (χ0) is 26.4. The smallest absolute Gasteiger partial charge is 0.227 e. The van der Waals surface area contributed by atoms with Gasteiger partial charge in [0.25, 0.3) is 0 Å². The monoisotopic (exact) mass is 518 g/mol. The largest absolute Gasteiger partial charge is 0.491 e. The van der Waals surface area contributed by atoms with Gasteiger partial charge >= 0.3 is 0 Å². The van der Waals surface area contributed by atoms with E-state index < -0.39 is 0 Å². The van der Waals surface area contributed by atoms with Gasteiger partial charge in [-0.3, -0.25) is 9.78 Å². The molecular weight excluding hydrogens is 484 g/mol. The van der Waals surface area contributed by atoms with Crippen molar-refractivity contribution in [3.63, 3.8) is 0 Å². The minimum Gasteiger partial charge on any atom is -0.491 e. The summed E-state index contributed by atoms with van der Waals surface area (Å²) in [6.45, 7) is 2.54. The molecule has 3 aromatic carbocycles. The van der Waals surface area contributed by atoms with Crippen molar-refractivity contribution in [3.05, 3.63) is 119 Å². The van der Waals surface area contributed by atoms with Crippen LogP contribution in [0.2, 0.25) is 0 Å². The lowest BCUT2D eigenvalue weighted by Crippen LogP contribution is -2.35. The molecule has 0 saturated carbocycles. The van der Waals surface area contributed by atoms with Gasteiger partial charge < -0.3 is 14.4 Å². The molecule has 39 heavy (non-hydrogen) atoms. The molecule has 0 unspecified atom stereocenters. The van der Waals surface area contributed by atoms with Gasteiger partial charge in [-0.1, -0.05) is 54.6 Å². The summed E-state index contributed by atoms with van der Waals surface area (Å²) in [5, 5.41) is 0. The van der Waals surface area contributed by atoms with Crippen LogP contribution in [-0.2, 0) is 41.8 Å². The number of carbonyl (C=O) groups excluding carboxylic acids is 1. The molecule has 0 fully saturated rings. The second-order valence-electron chi connectivity index (χ2n) is 10.5. The fourth-order valence-electron chi connectivity index (χ4n) is 5.65. The summed E-state index contributed by atoms with van der Waals surface area (Å²) in [6, 6.07) is 25.5. The third-order valence-electron chi connectivity index (χ3n) is 7.68. The zero-order valence-electron chi connectivity index (χ0n) is 22.3. The van der Waals surface area contributed by atoms with E-state index in [1.165, 1.54) is 23.1 Å². The second kappa shape index (κ2) is 11.8. The first-order valence-corrected chi connectivity index (χ1v) is 13.9. The van der Waals surface area contributed by atoms with Gasteiger partial charge in [-0.05, 0) is 76.4 Å². The molecule has 0 radical (unpaired) electrons. The Hall–Kier alpha value is -3.96. The van der Waals surface area contributed by atoms with E-state index in [1.54, 1.807) is 6.20 Å². The summed E-state index contributed by atoms with van der Waals surface area (Å²) in [4.78, 5) is 19.7. The van der Waals surface area contributed by atoms with E-state index >= 15 is 0 Å². The molecule has 0 saturated heterocycles. The summed E-state index contributed by atoms with van der Waals surface area (Å²) < 4.78 is 12.1. The number of hydrogen-bond donors (Lipinski definition) is 0. The van der Waals surface area contributed by atoms with Gasteiger partial charge in [-0.15, -0.1) is 0 Å². The summed E-state index contributed by atoms with van der Waals surface area (Å²) >= 11 is 0. The van der Waals surface area contributed by atoms with Crippen molar-refractivity contribution < 1.29 is 14.3 Å². The fourth-order valence-corrected chi connectivity index (χ4v) is 5.65. The van der Waals surface area contributed by atoms with E-state index in [9.17, 15) is 4.79 Å². The van der Waals surface area contributed by atoms with Crippen LogP contribution in [0.25, 0.3) is 11.1 Å². The summed E-state index contributed by atoms with van der Waals surface area (Å²) in [5.41, 5.74) is 9.57. The number of amides is 1. The molecule has 1 aliphatic heterocycles. The fraction of sp³-hybridized carbons (Fsp3) is 0.294. The molecule has 6 rings (SSSR count). The van der Waals surface area contributed by atoms with Crippen molar-refractivity contribution in [2.75, 3.05) is 26.4 Å². The molecule has 1 amide bonds. The SMILES string of the molecule is O=C(Cc1ccc2c(c1)CCC2)N1CCOCCOc2ccc(-c3cccnc3)cc2Cc2cccc(c2)C1. The maximum absolute atomic E-state index is 13.5. The topological polar surface area (TPSA) is 51.7 Å². The molecule has 0 atom stereocenters. The molecule has 1 aromatic heterocycles. The molecule has 5 heteroatoms. The predicted octanol–water partition coefficient (Wildman–Crippen LogP) is 5.81. The predicted molar refractivity (Wildman–Crippen MR) is 153 cm³/mol. The average Bonchev–Trinajstić information content (AvgIpc) is 3.43. The van der Waals surface area contributed by atoms with Crippen LogP contribution >= 0.6 is 0 Å². The Bertz CT molecular complexity index is 1450. The average molecular weight is 519 g/mol. The highest BCUT2D eigenvalue weighted by Gasteiger charge is 2.18. The third kappa shape index (κ3) is 6.21. The highest BCUT2D eigenvalue weighted by Crippen LogP contribution is 2.29. The van der Waals surface area contributed by atoms with Crippen LogP contribution in [0.5, 0.6) is 5.75 Å². The van der Waals surface area contributed by atoms with E-state index in [2.05, 4.69) is 65.6 Å². The number of rotatable bonds is 3. The van der Waals surface area contributed by atoms with Crippen LogP contribution in [0, 0.1) is 0 Å².